The first-order valence-electron chi connectivity index (χ1n) is 4.35. The standard InChI is InChI=1S/C9H15NO3/c1-7(9(12)13-2)10-5-3-8(11)4-6-10/h3,7,11H,4-6H2,1-2H3. The highest BCUT2D eigenvalue weighted by Crippen LogP contribution is 2.11. The van der Waals surface area contributed by atoms with E-state index in [0.717, 1.165) is 0 Å². The van der Waals surface area contributed by atoms with Gasteiger partial charge in [-0.2, -0.15) is 0 Å². The zero-order valence-corrected chi connectivity index (χ0v) is 7.99. The van der Waals surface area contributed by atoms with Crippen LogP contribution in [-0.4, -0.2) is 42.2 Å². The van der Waals surface area contributed by atoms with Crippen molar-refractivity contribution in [1.82, 2.24) is 4.90 Å². The molecule has 0 aromatic carbocycles. The van der Waals surface area contributed by atoms with E-state index in [1.54, 1.807) is 6.08 Å². The summed E-state index contributed by atoms with van der Waals surface area (Å²) in [6.45, 7) is 3.13. The zero-order chi connectivity index (χ0) is 9.84. The van der Waals surface area contributed by atoms with Crippen LogP contribution in [0, 0.1) is 0 Å². The Morgan fingerprint density at radius 3 is 2.92 bits per heavy atom. The Morgan fingerprint density at radius 2 is 2.46 bits per heavy atom. The number of carbonyl (C=O) groups excluding carboxylic acids is 1. The summed E-state index contributed by atoms with van der Waals surface area (Å²) in [4.78, 5) is 13.1. The fourth-order valence-electron chi connectivity index (χ4n) is 1.35. The molecule has 1 aliphatic rings. The third kappa shape index (κ3) is 2.45. The Labute approximate surface area is 77.8 Å². The van der Waals surface area contributed by atoms with E-state index < -0.39 is 0 Å². The molecule has 0 aliphatic carbocycles. The van der Waals surface area contributed by atoms with Crippen molar-refractivity contribution in [3.8, 4) is 0 Å². The summed E-state index contributed by atoms with van der Waals surface area (Å²) < 4.78 is 4.63. The summed E-state index contributed by atoms with van der Waals surface area (Å²) in [5.74, 6) is 0.183. The van der Waals surface area contributed by atoms with Gasteiger partial charge >= 0.3 is 5.97 Å². The number of esters is 1. The lowest BCUT2D eigenvalue weighted by Crippen LogP contribution is -2.42. The summed E-state index contributed by atoms with van der Waals surface area (Å²) in [5, 5.41) is 9.12. The van der Waals surface area contributed by atoms with E-state index in [0.29, 0.717) is 25.3 Å². The van der Waals surface area contributed by atoms with Crippen molar-refractivity contribution in [2.45, 2.75) is 19.4 Å². The Kier molecular flexibility index (Phi) is 3.31. The van der Waals surface area contributed by atoms with Gasteiger partial charge in [0.2, 0.25) is 0 Å². The molecule has 74 valence electrons. The van der Waals surface area contributed by atoms with Gasteiger partial charge in [0, 0.05) is 19.5 Å². The van der Waals surface area contributed by atoms with Gasteiger partial charge in [-0.3, -0.25) is 9.69 Å². The van der Waals surface area contributed by atoms with E-state index in [9.17, 15) is 4.79 Å². The maximum atomic E-state index is 11.1. The molecule has 0 saturated carbocycles. The van der Waals surface area contributed by atoms with Gasteiger partial charge in [-0.05, 0) is 13.0 Å². The van der Waals surface area contributed by atoms with E-state index >= 15 is 0 Å². The van der Waals surface area contributed by atoms with Crippen LogP contribution >= 0.6 is 0 Å². The summed E-state index contributed by atoms with van der Waals surface area (Å²) in [6.07, 6.45) is 2.34. The Bertz CT molecular complexity index is 225. The fourth-order valence-corrected chi connectivity index (χ4v) is 1.35. The van der Waals surface area contributed by atoms with Crippen molar-refractivity contribution in [2.75, 3.05) is 20.2 Å². The number of aliphatic hydroxyl groups is 1. The van der Waals surface area contributed by atoms with Gasteiger partial charge < -0.3 is 9.84 Å². The van der Waals surface area contributed by atoms with Crippen LogP contribution in [0.1, 0.15) is 13.3 Å². The molecule has 0 spiro atoms. The summed E-state index contributed by atoms with van der Waals surface area (Å²) >= 11 is 0. The molecule has 0 bridgehead atoms. The normalized spacial score (nSPS) is 20.6. The van der Waals surface area contributed by atoms with Crippen molar-refractivity contribution in [2.24, 2.45) is 0 Å². The number of rotatable bonds is 2. The third-order valence-corrected chi connectivity index (χ3v) is 2.31. The maximum absolute atomic E-state index is 11.1. The maximum Gasteiger partial charge on any atom is 0.322 e. The molecule has 0 aromatic rings. The van der Waals surface area contributed by atoms with E-state index in [4.69, 9.17) is 5.11 Å². The Hall–Kier alpha value is -1.03. The molecular formula is C9H15NO3. The molecule has 1 rings (SSSR count). The highest BCUT2D eigenvalue weighted by atomic mass is 16.5. The Morgan fingerprint density at radius 1 is 1.77 bits per heavy atom. The summed E-state index contributed by atoms with van der Waals surface area (Å²) in [7, 11) is 1.39. The van der Waals surface area contributed by atoms with Gasteiger partial charge in [0.25, 0.3) is 0 Å². The van der Waals surface area contributed by atoms with Crippen molar-refractivity contribution in [3.05, 3.63) is 11.8 Å². The van der Waals surface area contributed by atoms with Gasteiger partial charge in [0.1, 0.15) is 6.04 Å². The van der Waals surface area contributed by atoms with E-state index in [1.807, 2.05) is 11.8 Å². The molecule has 0 amide bonds. The average Bonchev–Trinajstić information content (AvgIpc) is 2.17. The average molecular weight is 185 g/mol. The van der Waals surface area contributed by atoms with Crippen molar-refractivity contribution in [3.63, 3.8) is 0 Å². The van der Waals surface area contributed by atoms with Crippen molar-refractivity contribution >= 4 is 5.97 Å². The molecule has 13 heavy (non-hydrogen) atoms. The van der Waals surface area contributed by atoms with Crippen LogP contribution < -0.4 is 0 Å². The molecule has 1 heterocycles. The van der Waals surface area contributed by atoms with Crippen LogP contribution in [0.2, 0.25) is 0 Å². The molecule has 4 heteroatoms. The number of aliphatic hydroxyl groups excluding tert-OH is 1. The van der Waals surface area contributed by atoms with E-state index in [1.165, 1.54) is 7.11 Å². The molecule has 0 saturated heterocycles. The first-order valence-corrected chi connectivity index (χ1v) is 4.35. The first-order chi connectivity index (χ1) is 6.15. The molecule has 1 aliphatic heterocycles. The fraction of sp³-hybridized carbons (Fsp3) is 0.667. The largest absolute Gasteiger partial charge is 0.513 e. The lowest BCUT2D eigenvalue weighted by Gasteiger charge is -2.28. The first kappa shape index (κ1) is 10.1. The summed E-state index contributed by atoms with van der Waals surface area (Å²) in [5.41, 5.74) is 0. The van der Waals surface area contributed by atoms with Crippen LogP contribution in [0.5, 0.6) is 0 Å². The lowest BCUT2D eigenvalue weighted by molar-refractivity contribution is -0.146. The number of hydrogen-bond donors (Lipinski definition) is 1. The highest BCUT2D eigenvalue weighted by Gasteiger charge is 2.23. The monoisotopic (exact) mass is 185 g/mol. The Balaban J connectivity index is 2.50. The molecule has 1 atom stereocenters. The predicted octanol–water partition coefficient (Wildman–Crippen LogP) is 0.696. The van der Waals surface area contributed by atoms with Crippen LogP contribution in [-0.2, 0) is 9.53 Å². The quantitative estimate of drug-likeness (QED) is 0.643. The zero-order valence-electron chi connectivity index (χ0n) is 7.99. The molecule has 0 aromatic heterocycles. The lowest BCUT2D eigenvalue weighted by atomic mass is 10.2. The van der Waals surface area contributed by atoms with E-state index in [2.05, 4.69) is 4.74 Å². The third-order valence-electron chi connectivity index (χ3n) is 2.31. The topological polar surface area (TPSA) is 49.8 Å². The minimum absolute atomic E-state index is 0.227. The number of carbonyl (C=O) groups is 1. The second-order valence-corrected chi connectivity index (χ2v) is 3.14. The minimum atomic E-state index is -0.227. The predicted molar refractivity (Wildman–Crippen MR) is 48.4 cm³/mol. The second kappa shape index (κ2) is 4.28. The van der Waals surface area contributed by atoms with E-state index in [-0.39, 0.29) is 12.0 Å². The molecule has 0 radical (unpaired) electrons. The molecule has 1 N–H and O–H groups in total. The number of ether oxygens (including phenoxy) is 1. The number of methoxy groups -OCH3 is 1. The molecular weight excluding hydrogens is 170 g/mol. The van der Waals surface area contributed by atoms with Gasteiger partial charge in [-0.1, -0.05) is 0 Å². The van der Waals surface area contributed by atoms with Crippen molar-refractivity contribution < 1.29 is 14.6 Å². The number of nitrogens with zero attached hydrogens (tertiary/aromatic N) is 1. The smallest absolute Gasteiger partial charge is 0.322 e. The van der Waals surface area contributed by atoms with Gasteiger partial charge in [0.15, 0.2) is 0 Å². The van der Waals surface area contributed by atoms with Crippen LogP contribution in [0.3, 0.4) is 0 Å². The van der Waals surface area contributed by atoms with Crippen LogP contribution in [0.15, 0.2) is 11.8 Å². The molecule has 0 fully saturated rings. The summed E-state index contributed by atoms with van der Waals surface area (Å²) in [6, 6.07) is -0.227. The van der Waals surface area contributed by atoms with Crippen molar-refractivity contribution in [1.29, 1.82) is 0 Å². The second-order valence-electron chi connectivity index (χ2n) is 3.14. The highest BCUT2D eigenvalue weighted by molar-refractivity contribution is 5.75. The van der Waals surface area contributed by atoms with Crippen LogP contribution in [0.25, 0.3) is 0 Å². The van der Waals surface area contributed by atoms with Gasteiger partial charge in [-0.25, -0.2) is 0 Å². The van der Waals surface area contributed by atoms with Crippen LogP contribution in [0.4, 0.5) is 0 Å². The SMILES string of the molecule is COC(=O)C(C)N1CC=C(O)CC1. The van der Waals surface area contributed by atoms with Gasteiger partial charge in [0.05, 0.1) is 12.9 Å². The number of hydrogen-bond acceptors (Lipinski definition) is 4. The van der Waals surface area contributed by atoms with Gasteiger partial charge in [-0.15, -0.1) is 0 Å². The molecule has 4 nitrogen and oxygen atoms in total. The minimum Gasteiger partial charge on any atom is -0.513 e. The molecule has 1 unspecified atom stereocenters.